The fourth-order valence-corrected chi connectivity index (χ4v) is 3.54. The third-order valence-electron chi connectivity index (χ3n) is 4.93. The standard InChI is InChI=1S/C19H28N4O3/c1-2-3-4-9-16(12-22(25)14-24)23-13-21-19(26-23)17-10-5-7-15-8-6-11-20-18(15)17/h5,7,10,13-14,16,19-20,25H,2-4,6,8-9,11-12H2,1H3/t16?,19-/m1/s1. The Morgan fingerprint density at radius 3 is 3.19 bits per heavy atom. The average molecular weight is 360 g/mol. The van der Waals surface area contributed by atoms with Crippen molar-refractivity contribution in [3.8, 4) is 0 Å². The Morgan fingerprint density at radius 1 is 1.50 bits per heavy atom. The van der Waals surface area contributed by atoms with Gasteiger partial charge in [0.2, 0.25) is 12.6 Å². The minimum Gasteiger partial charge on any atom is -0.384 e. The van der Waals surface area contributed by atoms with E-state index in [4.69, 9.17) is 4.84 Å². The number of aliphatic imine (C=N–C) groups is 1. The number of rotatable bonds is 9. The van der Waals surface area contributed by atoms with Crippen LogP contribution < -0.4 is 5.32 Å². The molecule has 1 aromatic rings. The Bertz CT molecular complexity index is 637. The van der Waals surface area contributed by atoms with Crippen LogP contribution in [0.2, 0.25) is 0 Å². The van der Waals surface area contributed by atoms with Crippen molar-refractivity contribution in [1.82, 2.24) is 10.1 Å². The zero-order chi connectivity index (χ0) is 18.4. The highest BCUT2D eigenvalue weighted by Crippen LogP contribution is 2.35. The van der Waals surface area contributed by atoms with Gasteiger partial charge in [-0.1, -0.05) is 44.4 Å². The first kappa shape index (κ1) is 18.7. The van der Waals surface area contributed by atoms with Crippen LogP contribution in [0.15, 0.2) is 23.2 Å². The first-order chi connectivity index (χ1) is 12.7. The Morgan fingerprint density at radius 2 is 2.38 bits per heavy atom. The van der Waals surface area contributed by atoms with Crippen LogP contribution in [-0.2, 0) is 16.1 Å². The lowest BCUT2D eigenvalue weighted by Crippen LogP contribution is -2.40. The van der Waals surface area contributed by atoms with Gasteiger partial charge in [-0.15, -0.1) is 0 Å². The number of nitrogens with one attached hydrogen (secondary N) is 1. The molecular formula is C19H28N4O3. The summed E-state index contributed by atoms with van der Waals surface area (Å²) in [5.41, 5.74) is 3.46. The van der Waals surface area contributed by atoms with Crippen LogP contribution in [0.5, 0.6) is 0 Å². The van der Waals surface area contributed by atoms with Gasteiger partial charge in [0.05, 0.1) is 12.6 Å². The molecule has 3 rings (SSSR count). The molecule has 0 saturated heterocycles. The molecule has 0 bridgehead atoms. The summed E-state index contributed by atoms with van der Waals surface area (Å²) in [4.78, 5) is 21.4. The SMILES string of the molecule is CCCCCC(CN(O)C=O)N1C=N[C@@H](c2cccc3c2NCCC3)O1. The molecule has 1 unspecified atom stereocenters. The predicted molar refractivity (Wildman–Crippen MR) is 99.9 cm³/mol. The Balaban J connectivity index is 1.69. The zero-order valence-electron chi connectivity index (χ0n) is 15.3. The van der Waals surface area contributed by atoms with E-state index >= 15 is 0 Å². The molecule has 7 heteroatoms. The van der Waals surface area contributed by atoms with Crippen molar-refractivity contribution in [3.05, 3.63) is 29.3 Å². The Labute approximate surface area is 154 Å². The molecule has 0 fully saturated rings. The molecule has 0 radical (unpaired) electrons. The fraction of sp³-hybridized carbons (Fsp3) is 0.579. The van der Waals surface area contributed by atoms with Crippen LogP contribution >= 0.6 is 0 Å². The lowest BCUT2D eigenvalue weighted by molar-refractivity contribution is -0.178. The number of unbranched alkanes of at least 4 members (excludes halogenated alkanes) is 2. The van der Waals surface area contributed by atoms with Crippen LogP contribution in [0.1, 0.15) is 56.4 Å². The highest BCUT2D eigenvalue weighted by molar-refractivity contribution is 5.63. The summed E-state index contributed by atoms with van der Waals surface area (Å²) in [5.74, 6) is 0. The quantitative estimate of drug-likeness (QED) is 0.306. The third-order valence-corrected chi connectivity index (χ3v) is 4.93. The average Bonchev–Trinajstić information content (AvgIpc) is 3.16. The van der Waals surface area contributed by atoms with Gasteiger partial charge in [-0.3, -0.25) is 10.0 Å². The first-order valence-electron chi connectivity index (χ1n) is 9.47. The number of para-hydroxylation sites is 1. The lowest BCUT2D eigenvalue weighted by Gasteiger charge is -2.29. The number of benzene rings is 1. The van der Waals surface area contributed by atoms with Gasteiger partial charge in [0.25, 0.3) is 0 Å². The van der Waals surface area contributed by atoms with E-state index in [9.17, 15) is 10.0 Å². The molecule has 2 heterocycles. The van der Waals surface area contributed by atoms with Crippen molar-refractivity contribution in [3.63, 3.8) is 0 Å². The molecule has 2 atom stereocenters. The molecule has 1 amide bonds. The number of nitrogens with zero attached hydrogens (tertiary/aromatic N) is 3. The number of anilines is 1. The summed E-state index contributed by atoms with van der Waals surface area (Å²) in [5, 5.41) is 15.4. The van der Waals surface area contributed by atoms with Crippen LogP contribution in [-0.4, -0.2) is 47.2 Å². The van der Waals surface area contributed by atoms with Crippen LogP contribution in [0.3, 0.4) is 0 Å². The van der Waals surface area contributed by atoms with Crippen LogP contribution in [0.25, 0.3) is 0 Å². The molecule has 142 valence electrons. The number of hydrogen-bond acceptors (Lipinski definition) is 6. The summed E-state index contributed by atoms with van der Waals surface area (Å²) in [7, 11) is 0. The van der Waals surface area contributed by atoms with Crippen molar-refractivity contribution < 1.29 is 14.8 Å². The van der Waals surface area contributed by atoms with Gasteiger partial charge in [-0.2, -0.15) is 0 Å². The second kappa shape index (κ2) is 9.00. The molecule has 7 nitrogen and oxygen atoms in total. The van der Waals surface area contributed by atoms with E-state index in [0.717, 1.165) is 56.3 Å². The van der Waals surface area contributed by atoms with Crippen molar-refractivity contribution >= 4 is 18.4 Å². The first-order valence-corrected chi connectivity index (χ1v) is 9.47. The van der Waals surface area contributed by atoms with Gasteiger partial charge < -0.3 is 5.32 Å². The van der Waals surface area contributed by atoms with Gasteiger partial charge in [0.1, 0.15) is 6.34 Å². The van der Waals surface area contributed by atoms with Crippen molar-refractivity contribution in [2.45, 2.75) is 57.7 Å². The Kier molecular flexibility index (Phi) is 6.46. The molecule has 0 aromatic heterocycles. The maximum absolute atomic E-state index is 10.8. The summed E-state index contributed by atoms with van der Waals surface area (Å²) in [6, 6.07) is 6.10. The van der Waals surface area contributed by atoms with E-state index in [1.807, 2.05) is 12.1 Å². The zero-order valence-corrected chi connectivity index (χ0v) is 15.3. The number of aryl methyl sites for hydroxylation is 1. The monoisotopic (exact) mass is 360 g/mol. The minimum atomic E-state index is -0.396. The van der Waals surface area contributed by atoms with Crippen molar-refractivity contribution in [2.75, 3.05) is 18.4 Å². The predicted octanol–water partition coefficient (Wildman–Crippen LogP) is 3.12. The molecule has 2 aliphatic heterocycles. The largest absolute Gasteiger partial charge is 0.384 e. The maximum atomic E-state index is 10.8. The van der Waals surface area contributed by atoms with E-state index in [-0.39, 0.29) is 12.6 Å². The number of fused-ring (bicyclic) bond motifs is 1. The normalized spacial score (nSPS) is 19.8. The van der Waals surface area contributed by atoms with Gasteiger partial charge in [-0.05, 0) is 24.8 Å². The minimum absolute atomic E-state index is 0.127. The van der Waals surface area contributed by atoms with Gasteiger partial charge in [-0.25, -0.2) is 20.0 Å². The molecule has 2 aliphatic rings. The summed E-state index contributed by atoms with van der Waals surface area (Å²) >= 11 is 0. The van der Waals surface area contributed by atoms with Crippen molar-refractivity contribution in [2.24, 2.45) is 4.99 Å². The van der Waals surface area contributed by atoms with E-state index in [2.05, 4.69) is 23.3 Å². The highest BCUT2D eigenvalue weighted by Gasteiger charge is 2.29. The molecule has 0 saturated carbocycles. The summed E-state index contributed by atoms with van der Waals surface area (Å²) in [6.45, 7) is 3.30. The molecule has 0 spiro atoms. The van der Waals surface area contributed by atoms with Crippen LogP contribution in [0, 0.1) is 0 Å². The van der Waals surface area contributed by atoms with Gasteiger partial charge in [0.15, 0.2) is 0 Å². The van der Waals surface area contributed by atoms with E-state index in [0.29, 0.717) is 11.5 Å². The lowest BCUT2D eigenvalue weighted by atomic mass is 9.99. The summed E-state index contributed by atoms with van der Waals surface area (Å²) < 4.78 is 0. The van der Waals surface area contributed by atoms with Crippen molar-refractivity contribution in [1.29, 1.82) is 0 Å². The molecule has 1 aromatic carbocycles. The maximum Gasteiger partial charge on any atom is 0.233 e. The van der Waals surface area contributed by atoms with E-state index < -0.39 is 6.23 Å². The fourth-order valence-electron chi connectivity index (χ4n) is 3.54. The smallest absolute Gasteiger partial charge is 0.233 e. The van der Waals surface area contributed by atoms with E-state index in [1.165, 1.54) is 5.56 Å². The van der Waals surface area contributed by atoms with Gasteiger partial charge in [0, 0.05) is 17.8 Å². The topological polar surface area (TPSA) is 77.4 Å². The number of carbonyl (C=O) groups excluding carboxylic acids is 1. The van der Waals surface area contributed by atoms with E-state index in [1.54, 1.807) is 11.4 Å². The van der Waals surface area contributed by atoms with Crippen LogP contribution in [0.4, 0.5) is 5.69 Å². The number of amides is 1. The third kappa shape index (κ3) is 4.34. The molecule has 0 aliphatic carbocycles. The number of hydrogen-bond donors (Lipinski definition) is 2. The number of carbonyl (C=O) groups is 1. The van der Waals surface area contributed by atoms with Gasteiger partial charge >= 0.3 is 0 Å². The second-order valence-corrected chi connectivity index (χ2v) is 6.87. The highest BCUT2D eigenvalue weighted by atomic mass is 16.7. The Hall–Kier alpha value is -2.12. The molecule has 2 N–H and O–H groups in total. The summed E-state index contributed by atoms with van der Waals surface area (Å²) in [6.07, 6.45) is 7.96. The molecular weight excluding hydrogens is 332 g/mol. The number of hydroxylamine groups is 4. The second-order valence-electron chi connectivity index (χ2n) is 6.87. The molecule has 26 heavy (non-hydrogen) atoms.